The van der Waals surface area contributed by atoms with Crippen LogP contribution in [0.15, 0.2) is 18.2 Å². The molecule has 0 radical (unpaired) electrons. The summed E-state index contributed by atoms with van der Waals surface area (Å²) >= 11 is 0. The first kappa shape index (κ1) is 22.9. The predicted octanol–water partition coefficient (Wildman–Crippen LogP) is 3.59. The van der Waals surface area contributed by atoms with Gasteiger partial charge in [0.05, 0.1) is 47.0 Å². The SMILES string of the molecule is CC(C)N(C(=O)O)[C@@H]1C[C@]23CCO[C@@H]4[C@H]2[C@@H](C(=O)N4c2ccc(C#N)c(C(F)(F)F)c2)[C@@]1(C)O3. The second-order valence-electron chi connectivity index (χ2n) is 9.92. The minimum absolute atomic E-state index is 0.00808. The van der Waals surface area contributed by atoms with Crippen LogP contribution in [-0.2, 0) is 20.4 Å². The first-order chi connectivity index (χ1) is 15.9. The van der Waals surface area contributed by atoms with Gasteiger partial charge in [-0.05, 0) is 39.0 Å². The van der Waals surface area contributed by atoms with Gasteiger partial charge < -0.3 is 14.6 Å². The zero-order chi connectivity index (χ0) is 24.8. The summed E-state index contributed by atoms with van der Waals surface area (Å²) in [6.07, 6.45) is -5.87. The van der Waals surface area contributed by atoms with Gasteiger partial charge in [0, 0.05) is 30.5 Å². The Bertz CT molecular complexity index is 1120. The molecular weight excluding hydrogens is 455 g/mol. The molecule has 8 nitrogen and oxygen atoms in total. The Kier molecular flexibility index (Phi) is 4.78. The third kappa shape index (κ3) is 2.84. The summed E-state index contributed by atoms with van der Waals surface area (Å²) in [6, 6.07) is 3.79. The molecule has 2 bridgehead atoms. The number of carboxylic acid groups (broad SMARTS) is 1. The van der Waals surface area contributed by atoms with Crippen LogP contribution in [-0.4, -0.2) is 58.1 Å². The number of carbonyl (C=O) groups is 2. The molecule has 6 atom stereocenters. The Morgan fingerprint density at radius 3 is 2.68 bits per heavy atom. The highest BCUT2D eigenvalue weighted by atomic mass is 19.4. The maximum absolute atomic E-state index is 13.8. The number of rotatable bonds is 3. The van der Waals surface area contributed by atoms with Crippen LogP contribution in [0.25, 0.3) is 0 Å². The number of halogens is 3. The molecule has 182 valence electrons. The molecule has 34 heavy (non-hydrogen) atoms. The van der Waals surface area contributed by atoms with E-state index in [9.17, 15) is 27.9 Å². The zero-order valence-corrected chi connectivity index (χ0v) is 18.8. The number of fused-ring (bicyclic) bond motifs is 2. The van der Waals surface area contributed by atoms with Crippen LogP contribution >= 0.6 is 0 Å². The van der Waals surface area contributed by atoms with Crippen molar-refractivity contribution < 1.29 is 37.3 Å². The number of hydrogen-bond donors (Lipinski definition) is 1. The molecule has 1 N–H and O–H groups in total. The van der Waals surface area contributed by atoms with Crippen LogP contribution in [0.2, 0.25) is 0 Å². The lowest BCUT2D eigenvalue weighted by Gasteiger charge is -2.45. The average molecular weight is 479 g/mol. The summed E-state index contributed by atoms with van der Waals surface area (Å²) in [5.41, 5.74) is -3.62. The van der Waals surface area contributed by atoms with Crippen molar-refractivity contribution >= 4 is 17.7 Å². The van der Waals surface area contributed by atoms with Crippen LogP contribution in [0.3, 0.4) is 0 Å². The lowest BCUT2D eigenvalue weighted by molar-refractivity contribution is -0.142. The number of hydrogen-bond acceptors (Lipinski definition) is 5. The van der Waals surface area contributed by atoms with Gasteiger partial charge in [-0.2, -0.15) is 18.4 Å². The fourth-order valence-corrected chi connectivity index (χ4v) is 6.70. The minimum atomic E-state index is -4.77. The van der Waals surface area contributed by atoms with E-state index in [-0.39, 0.29) is 18.3 Å². The Balaban J connectivity index is 1.60. The first-order valence-corrected chi connectivity index (χ1v) is 11.1. The number of benzene rings is 1. The predicted molar refractivity (Wildman–Crippen MR) is 111 cm³/mol. The highest BCUT2D eigenvalue weighted by Crippen LogP contribution is 2.66. The van der Waals surface area contributed by atoms with Crippen LogP contribution < -0.4 is 4.90 Å². The Hall–Kier alpha value is -2.84. The molecule has 1 aromatic carbocycles. The van der Waals surface area contributed by atoms with Gasteiger partial charge in [-0.1, -0.05) is 0 Å². The van der Waals surface area contributed by atoms with E-state index in [2.05, 4.69) is 0 Å². The van der Waals surface area contributed by atoms with Gasteiger partial charge in [-0.15, -0.1) is 0 Å². The van der Waals surface area contributed by atoms with Crippen molar-refractivity contribution in [2.75, 3.05) is 11.5 Å². The van der Waals surface area contributed by atoms with Gasteiger partial charge >= 0.3 is 12.3 Å². The lowest BCUT2D eigenvalue weighted by Crippen LogP contribution is -2.60. The molecule has 4 fully saturated rings. The minimum Gasteiger partial charge on any atom is -0.465 e. The zero-order valence-electron chi connectivity index (χ0n) is 18.8. The van der Waals surface area contributed by atoms with Crippen molar-refractivity contribution in [2.45, 2.75) is 69.3 Å². The highest BCUT2D eigenvalue weighted by Gasteiger charge is 2.79. The Morgan fingerprint density at radius 1 is 1.38 bits per heavy atom. The number of ether oxygens (including phenoxy) is 2. The molecule has 4 aliphatic heterocycles. The summed E-state index contributed by atoms with van der Waals surface area (Å²) in [5.74, 6) is -1.68. The van der Waals surface area contributed by atoms with Gasteiger partial charge in [-0.25, -0.2) is 4.79 Å². The van der Waals surface area contributed by atoms with Crippen LogP contribution in [0, 0.1) is 23.2 Å². The van der Waals surface area contributed by atoms with Crippen molar-refractivity contribution in [1.82, 2.24) is 4.90 Å². The molecule has 11 heteroatoms. The molecular formula is C23H24F3N3O5. The summed E-state index contributed by atoms with van der Waals surface area (Å²) in [6.45, 7) is 5.46. The van der Waals surface area contributed by atoms with E-state index in [1.54, 1.807) is 26.8 Å². The van der Waals surface area contributed by atoms with Crippen LogP contribution in [0.1, 0.15) is 44.7 Å². The fraction of sp³-hybridized carbons (Fsp3) is 0.609. The normalized spacial score (nSPS) is 36.1. The summed E-state index contributed by atoms with van der Waals surface area (Å²) in [5, 5.41) is 19.0. The number of anilines is 1. The molecule has 4 heterocycles. The Labute approximate surface area is 193 Å². The smallest absolute Gasteiger partial charge is 0.417 e. The topological polar surface area (TPSA) is 103 Å². The van der Waals surface area contributed by atoms with E-state index in [0.29, 0.717) is 12.8 Å². The summed E-state index contributed by atoms with van der Waals surface area (Å²) in [7, 11) is 0. The van der Waals surface area contributed by atoms with Gasteiger partial charge in [-0.3, -0.25) is 14.6 Å². The van der Waals surface area contributed by atoms with Gasteiger partial charge in [0.1, 0.15) is 6.23 Å². The van der Waals surface area contributed by atoms with Crippen LogP contribution in [0.5, 0.6) is 0 Å². The second-order valence-corrected chi connectivity index (χ2v) is 9.92. The standard InChI is InChI=1S/C23H24F3N3O5/c1-11(2)28(20(31)32)15-9-22-6-7-33-19-17(22)16(21(15,3)34-22)18(30)29(19)13-5-4-12(10-27)14(8-13)23(24,25)26/h4-5,8,11,15-17,19H,6-7,9H2,1-3H3,(H,31,32)/t15-,16+,17-,19-,21+,22-/m1/s1. The third-order valence-corrected chi connectivity index (χ3v) is 7.91. The van der Waals surface area contributed by atoms with Crippen molar-refractivity contribution in [3.8, 4) is 6.07 Å². The van der Waals surface area contributed by atoms with E-state index in [4.69, 9.17) is 14.7 Å². The Morgan fingerprint density at radius 2 is 2.09 bits per heavy atom. The third-order valence-electron chi connectivity index (χ3n) is 7.91. The number of carbonyl (C=O) groups excluding carboxylic acids is 1. The van der Waals surface area contributed by atoms with Crippen molar-refractivity contribution in [3.63, 3.8) is 0 Å². The van der Waals surface area contributed by atoms with E-state index in [1.165, 1.54) is 15.9 Å². The number of nitriles is 1. The van der Waals surface area contributed by atoms with E-state index in [1.807, 2.05) is 0 Å². The van der Waals surface area contributed by atoms with Crippen molar-refractivity contribution in [1.29, 1.82) is 5.26 Å². The van der Waals surface area contributed by atoms with Gasteiger partial charge in [0.25, 0.3) is 0 Å². The van der Waals surface area contributed by atoms with E-state index >= 15 is 0 Å². The highest BCUT2D eigenvalue weighted by molar-refractivity contribution is 6.00. The summed E-state index contributed by atoms with van der Waals surface area (Å²) < 4.78 is 53.2. The first-order valence-electron chi connectivity index (χ1n) is 11.1. The quantitative estimate of drug-likeness (QED) is 0.711. The average Bonchev–Trinajstić information content (AvgIpc) is 3.30. The molecule has 2 amide bonds. The second kappa shape index (κ2) is 7.09. The maximum atomic E-state index is 13.8. The molecule has 0 saturated carbocycles. The molecule has 0 unspecified atom stereocenters. The van der Waals surface area contributed by atoms with E-state index in [0.717, 1.165) is 12.1 Å². The lowest BCUT2D eigenvalue weighted by atomic mass is 9.63. The van der Waals surface area contributed by atoms with E-state index < -0.39 is 64.6 Å². The van der Waals surface area contributed by atoms with Gasteiger partial charge in [0.15, 0.2) is 0 Å². The van der Waals surface area contributed by atoms with Crippen molar-refractivity contribution in [3.05, 3.63) is 29.3 Å². The number of amides is 2. The number of alkyl halides is 3. The van der Waals surface area contributed by atoms with Crippen LogP contribution in [0.4, 0.5) is 23.7 Å². The molecule has 4 saturated heterocycles. The molecule has 5 rings (SSSR count). The summed E-state index contributed by atoms with van der Waals surface area (Å²) in [4.78, 5) is 28.4. The largest absolute Gasteiger partial charge is 0.465 e. The molecule has 1 spiro atoms. The maximum Gasteiger partial charge on any atom is 0.417 e. The fourth-order valence-electron chi connectivity index (χ4n) is 6.70. The molecule has 0 aliphatic carbocycles. The van der Waals surface area contributed by atoms with Gasteiger partial charge in [0.2, 0.25) is 5.91 Å². The molecule has 1 aromatic rings. The molecule has 0 aromatic heterocycles. The number of nitrogens with zero attached hydrogens (tertiary/aromatic N) is 3. The monoisotopic (exact) mass is 479 g/mol. The molecule has 4 aliphatic rings. The van der Waals surface area contributed by atoms with Crippen molar-refractivity contribution in [2.24, 2.45) is 11.8 Å².